The number of hydrogen-bond acceptors (Lipinski definition) is 4. The van der Waals surface area contributed by atoms with Gasteiger partial charge < -0.3 is 4.74 Å². The molecule has 17 heavy (non-hydrogen) atoms. The van der Waals surface area contributed by atoms with Gasteiger partial charge in [0, 0.05) is 4.90 Å². The van der Waals surface area contributed by atoms with Gasteiger partial charge in [0.15, 0.2) is 6.40 Å². The smallest absolute Gasteiger partial charge is 0.173 e. The van der Waals surface area contributed by atoms with E-state index in [0.29, 0.717) is 0 Å². The van der Waals surface area contributed by atoms with Gasteiger partial charge in [0.2, 0.25) is 0 Å². The first-order chi connectivity index (χ1) is 8.40. The summed E-state index contributed by atoms with van der Waals surface area (Å²) < 4.78 is 5.13. The summed E-state index contributed by atoms with van der Waals surface area (Å²) in [5.41, 5.74) is 0. The molecule has 2 aromatic carbocycles. The highest BCUT2D eigenvalue weighted by Gasteiger charge is 2.03. The molecular formula is C13H11NOS2. The molecule has 4 heteroatoms. The maximum atomic E-state index is 6.97. The molecular weight excluding hydrogens is 250 g/mol. The molecule has 0 radical (unpaired) electrons. The summed E-state index contributed by atoms with van der Waals surface area (Å²) in [5, 5.41) is 6.97. The van der Waals surface area contributed by atoms with Gasteiger partial charge in [0.25, 0.3) is 0 Å². The first-order valence-electron chi connectivity index (χ1n) is 5.04. The lowest BCUT2D eigenvalue weighted by Crippen LogP contribution is -1.88. The first kappa shape index (κ1) is 12.1. The lowest BCUT2D eigenvalue weighted by atomic mass is 10.3. The van der Waals surface area contributed by atoms with Crippen molar-refractivity contribution < 1.29 is 4.74 Å². The Hall–Kier alpha value is -1.39. The van der Waals surface area contributed by atoms with Gasteiger partial charge >= 0.3 is 0 Å². The summed E-state index contributed by atoms with van der Waals surface area (Å²) in [6.45, 7) is 0. The van der Waals surface area contributed by atoms with E-state index in [4.69, 9.17) is 10.1 Å². The molecule has 1 N–H and O–H groups in total. The number of hydrogen-bond donors (Lipinski definition) is 1. The van der Waals surface area contributed by atoms with Crippen LogP contribution in [-0.2, 0) is 0 Å². The van der Waals surface area contributed by atoms with Gasteiger partial charge in [-0.15, -0.1) is 0 Å². The molecule has 0 aliphatic carbocycles. The van der Waals surface area contributed by atoms with Crippen LogP contribution >= 0.6 is 21.6 Å². The number of benzene rings is 2. The van der Waals surface area contributed by atoms with Crippen LogP contribution in [-0.4, -0.2) is 6.40 Å². The van der Waals surface area contributed by atoms with Crippen molar-refractivity contribution in [2.45, 2.75) is 9.79 Å². The standard InChI is InChI=1S/C13H11NOS2/c14-10-15-12-8-4-5-9-13(12)17-16-11-6-2-1-3-7-11/h1-10,14H. The predicted octanol–water partition coefficient (Wildman–Crippen LogP) is 4.47. The highest BCUT2D eigenvalue weighted by molar-refractivity contribution is 8.76. The van der Waals surface area contributed by atoms with Crippen molar-refractivity contribution >= 4 is 28.0 Å². The first-order valence-corrected chi connectivity index (χ1v) is 7.19. The highest BCUT2D eigenvalue weighted by Crippen LogP contribution is 2.41. The van der Waals surface area contributed by atoms with Crippen molar-refractivity contribution in [2.24, 2.45) is 0 Å². The molecule has 0 aliphatic heterocycles. The van der Waals surface area contributed by atoms with Gasteiger partial charge in [-0.25, -0.2) is 0 Å². The van der Waals surface area contributed by atoms with Crippen LogP contribution in [0.3, 0.4) is 0 Å². The number of rotatable bonds is 5. The van der Waals surface area contributed by atoms with E-state index in [-0.39, 0.29) is 0 Å². The Morgan fingerprint density at radius 3 is 2.35 bits per heavy atom. The molecule has 0 saturated carbocycles. The molecule has 0 aliphatic rings. The van der Waals surface area contributed by atoms with Crippen molar-refractivity contribution in [3.8, 4) is 5.75 Å². The van der Waals surface area contributed by atoms with Crippen molar-refractivity contribution in [3.05, 3.63) is 54.6 Å². The zero-order chi connectivity index (χ0) is 11.9. The van der Waals surface area contributed by atoms with Gasteiger partial charge in [-0.1, -0.05) is 41.1 Å². The van der Waals surface area contributed by atoms with Crippen molar-refractivity contribution in [3.63, 3.8) is 0 Å². The summed E-state index contributed by atoms with van der Waals surface area (Å²) in [4.78, 5) is 2.21. The predicted molar refractivity (Wildman–Crippen MR) is 74.0 cm³/mol. The largest absolute Gasteiger partial charge is 0.445 e. The monoisotopic (exact) mass is 261 g/mol. The van der Waals surface area contributed by atoms with Crippen LogP contribution < -0.4 is 4.74 Å². The normalized spacial score (nSPS) is 9.88. The van der Waals surface area contributed by atoms with E-state index in [0.717, 1.165) is 17.0 Å². The van der Waals surface area contributed by atoms with E-state index in [9.17, 15) is 0 Å². The van der Waals surface area contributed by atoms with E-state index in [2.05, 4.69) is 12.1 Å². The molecule has 2 aromatic rings. The maximum absolute atomic E-state index is 6.97. The molecule has 86 valence electrons. The SMILES string of the molecule is N=COc1ccccc1SSc1ccccc1. The lowest BCUT2D eigenvalue weighted by molar-refractivity contribution is 0.556. The Kier molecular flexibility index (Phi) is 4.53. The summed E-state index contributed by atoms with van der Waals surface area (Å²) in [6, 6.07) is 17.9. The van der Waals surface area contributed by atoms with Crippen LogP contribution in [0.15, 0.2) is 64.4 Å². The van der Waals surface area contributed by atoms with E-state index in [1.807, 2.05) is 42.5 Å². The third-order valence-electron chi connectivity index (χ3n) is 2.01. The molecule has 0 amide bonds. The Labute approximate surface area is 108 Å². The molecule has 0 unspecified atom stereocenters. The van der Waals surface area contributed by atoms with Crippen LogP contribution in [0, 0.1) is 5.41 Å². The van der Waals surface area contributed by atoms with Crippen molar-refractivity contribution in [1.82, 2.24) is 0 Å². The van der Waals surface area contributed by atoms with E-state index < -0.39 is 0 Å². The topological polar surface area (TPSA) is 33.1 Å². The van der Waals surface area contributed by atoms with Crippen LogP contribution in [0.25, 0.3) is 0 Å². The summed E-state index contributed by atoms with van der Waals surface area (Å²) in [7, 11) is 3.30. The molecule has 2 nitrogen and oxygen atoms in total. The minimum atomic E-state index is 0.718. The van der Waals surface area contributed by atoms with Gasteiger partial charge in [-0.05, 0) is 35.1 Å². The molecule has 0 saturated heterocycles. The second kappa shape index (κ2) is 6.37. The Bertz CT molecular complexity index is 488. The molecule has 0 bridgehead atoms. The zero-order valence-electron chi connectivity index (χ0n) is 9.00. The average Bonchev–Trinajstić information content (AvgIpc) is 2.39. The summed E-state index contributed by atoms with van der Waals surface area (Å²) in [5.74, 6) is 0.718. The fourth-order valence-electron chi connectivity index (χ4n) is 1.25. The molecule has 0 atom stereocenters. The minimum absolute atomic E-state index is 0.718. The highest BCUT2D eigenvalue weighted by atomic mass is 33.1. The van der Waals surface area contributed by atoms with E-state index in [1.165, 1.54) is 4.90 Å². The second-order valence-electron chi connectivity index (χ2n) is 3.16. The molecule has 0 fully saturated rings. The fourth-order valence-corrected chi connectivity index (χ4v) is 3.34. The molecule has 0 spiro atoms. The Balaban J connectivity index is 2.06. The van der Waals surface area contributed by atoms with Crippen LogP contribution in [0.2, 0.25) is 0 Å². The van der Waals surface area contributed by atoms with Gasteiger partial charge in [0.1, 0.15) is 5.75 Å². The van der Waals surface area contributed by atoms with Gasteiger partial charge in [-0.2, -0.15) is 0 Å². The molecule has 0 aromatic heterocycles. The maximum Gasteiger partial charge on any atom is 0.173 e. The van der Waals surface area contributed by atoms with Crippen LogP contribution in [0.4, 0.5) is 0 Å². The number of nitrogens with one attached hydrogen (secondary N) is 1. The van der Waals surface area contributed by atoms with Gasteiger partial charge in [0.05, 0.1) is 4.90 Å². The minimum Gasteiger partial charge on any atom is -0.445 e. The number of para-hydroxylation sites is 1. The Morgan fingerprint density at radius 2 is 1.59 bits per heavy atom. The third-order valence-corrected chi connectivity index (χ3v) is 4.44. The average molecular weight is 261 g/mol. The van der Waals surface area contributed by atoms with E-state index >= 15 is 0 Å². The fraction of sp³-hybridized carbons (Fsp3) is 0. The van der Waals surface area contributed by atoms with E-state index in [1.54, 1.807) is 21.6 Å². The van der Waals surface area contributed by atoms with Crippen LogP contribution in [0.5, 0.6) is 5.75 Å². The van der Waals surface area contributed by atoms with Crippen molar-refractivity contribution in [2.75, 3.05) is 0 Å². The summed E-state index contributed by atoms with van der Waals surface area (Å²) in [6.07, 6.45) is 0.951. The lowest BCUT2D eigenvalue weighted by Gasteiger charge is -2.06. The second-order valence-corrected chi connectivity index (χ2v) is 5.41. The third kappa shape index (κ3) is 3.54. The Morgan fingerprint density at radius 1 is 0.882 bits per heavy atom. The number of ether oxygens (including phenoxy) is 1. The summed E-state index contributed by atoms with van der Waals surface area (Å²) >= 11 is 0. The van der Waals surface area contributed by atoms with Gasteiger partial charge in [-0.3, -0.25) is 5.41 Å². The van der Waals surface area contributed by atoms with Crippen molar-refractivity contribution in [1.29, 1.82) is 5.41 Å². The molecule has 0 heterocycles. The van der Waals surface area contributed by atoms with Crippen LogP contribution in [0.1, 0.15) is 0 Å². The quantitative estimate of drug-likeness (QED) is 0.489. The zero-order valence-corrected chi connectivity index (χ0v) is 10.6. The molecule has 2 rings (SSSR count).